The van der Waals surface area contributed by atoms with Crippen LogP contribution in [0.15, 0.2) is 41.8 Å². The molecule has 128 valence electrons. The van der Waals surface area contributed by atoms with E-state index < -0.39 is 0 Å². The Hall–Kier alpha value is -2.34. The lowest BCUT2D eigenvalue weighted by molar-refractivity contribution is -0.128. The predicted molar refractivity (Wildman–Crippen MR) is 98.3 cm³/mol. The van der Waals surface area contributed by atoms with Crippen molar-refractivity contribution < 1.29 is 9.59 Å². The van der Waals surface area contributed by atoms with Crippen molar-refractivity contribution in [1.82, 2.24) is 9.80 Å². The first-order chi connectivity index (χ1) is 11.5. The highest BCUT2D eigenvalue weighted by atomic mass is 32.1. The normalized spacial score (nSPS) is 10.3. The van der Waals surface area contributed by atoms with Crippen molar-refractivity contribution in [1.29, 1.82) is 0 Å². The first-order valence-corrected chi connectivity index (χ1v) is 8.69. The van der Waals surface area contributed by atoms with E-state index in [1.54, 1.807) is 35.2 Å². The molecule has 1 heterocycles. The third-order valence-electron chi connectivity index (χ3n) is 3.82. The minimum Gasteiger partial charge on any atom is -0.342 e. The minimum absolute atomic E-state index is 0.0100. The molecule has 0 atom stereocenters. The summed E-state index contributed by atoms with van der Waals surface area (Å²) in [6.07, 6.45) is 0.844. The highest BCUT2D eigenvalue weighted by Gasteiger charge is 2.13. The maximum absolute atomic E-state index is 12.4. The Morgan fingerprint density at radius 3 is 2.50 bits per heavy atom. The van der Waals surface area contributed by atoms with Crippen LogP contribution in [0.1, 0.15) is 17.4 Å². The number of amides is 3. The molecule has 0 fully saturated rings. The van der Waals surface area contributed by atoms with Crippen LogP contribution in [0.5, 0.6) is 0 Å². The molecule has 1 N–H and O–H groups in total. The second-order valence-electron chi connectivity index (χ2n) is 5.71. The molecule has 1 aromatic heterocycles. The number of thiophene rings is 1. The van der Waals surface area contributed by atoms with Crippen molar-refractivity contribution in [3.05, 3.63) is 52.2 Å². The summed E-state index contributed by atoms with van der Waals surface area (Å²) in [4.78, 5) is 28.4. The molecule has 0 saturated heterocycles. The van der Waals surface area contributed by atoms with Crippen molar-refractivity contribution in [2.75, 3.05) is 26.0 Å². The number of rotatable bonds is 6. The van der Waals surface area contributed by atoms with Gasteiger partial charge in [-0.1, -0.05) is 24.3 Å². The molecule has 1 aromatic carbocycles. The van der Waals surface area contributed by atoms with Gasteiger partial charge in [-0.05, 0) is 29.5 Å². The highest BCUT2D eigenvalue weighted by Crippen LogP contribution is 2.17. The van der Waals surface area contributed by atoms with E-state index in [0.717, 1.165) is 17.7 Å². The first kappa shape index (κ1) is 18.0. The molecule has 3 amide bonds. The van der Waals surface area contributed by atoms with E-state index in [4.69, 9.17) is 0 Å². The van der Waals surface area contributed by atoms with Gasteiger partial charge in [-0.25, -0.2) is 4.79 Å². The molecule has 0 aliphatic rings. The fourth-order valence-electron chi connectivity index (χ4n) is 2.19. The van der Waals surface area contributed by atoms with Gasteiger partial charge in [0, 0.05) is 44.7 Å². The second-order valence-corrected chi connectivity index (χ2v) is 6.75. The number of benzene rings is 1. The minimum atomic E-state index is -0.149. The zero-order valence-electron chi connectivity index (χ0n) is 14.3. The standard InChI is InChI=1S/C18H23N3O2S/c1-14(22)21(3)13-15-7-4-5-9-17(15)19-18(23)20(2)11-10-16-8-6-12-24-16/h4-9,12H,10-11,13H2,1-3H3,(H,19,23). The fourth-order valence-corrected chi connectivity index (χ4v) is 2.89. The van der Waals surface area contributed by atoms with Gasteiger partial charge in [0.25, 0.3) is 0 Å². The number of nitrogens with one attached hydrogen (secondary N) is 1. The summed E-state index contributed by atoms with van der Waals surface area (Å²) < 4.78 is 0. The van der Waals surface area contributed by atoms with Gasteiger partial charge in [-0.15, -0.1) is 11.3 Å². The van der Waals surface area contributed by atoms with Gasteiger partial charge >= 0.3 is 6.03 Å². The Labute approximate surface area is 146 Å². The highest BCUT2D eigenvalue weighted by molar-refractivity contribution is 7.09. The summed E-state index contributed by atoms with van der Waals surface area (Å²) in [6, 6.07) is 11.5. The van der Waals surface area contributed by atoms with Gasteiger partial charge in [0.15, 0.2) is 0 Å². The summed E-state index contributed by atoms with van der Waals surface area (Å²) >= 11 is 1.70. The number of carbonyl (C=O) groups excluding carboxylic acids is 2. The number of hydrogen-bond acceptors (Lipinski definition) is 3. The van der Waals surface area contributed by atoms with Gasteiger partial charge in [0.05, 0.1) is 0 Å². The average molecular weight is 345 g/mol. The van der Waals surface area contributed by atoms with E-state index in [-0.39, 0.29) is 11.9 Å². The van der Waals surface area contributed by atoms with Gasteiger partial charge in [0.1, 0.15) is 0 Å². The lowest BCUT2D eigenvalue weighted by Crippen LogP contribution is -2.33. The van der Waals surface area contributed by atoms with Crippen molar-refractivity contribution in [2.24, 2.45) is 0 Å². The first-order valence-electron chi connectivity index (χ1n) is 7.81. The Balaban J connectivity index is 1.96. The summed E-state index contributed by atoms with van der Waals surface area (Å²) in [6.45, 7) is 2.64. The number of carbonyl (C=O) groups is 2. The fraction of sp³-hybridized carbons (Fsp3) is 0.333. The number of para-hydroxylation sites is 1. The lowest BCUT2D eigenvalue weighted by atomic mass is 10.1. The van der Waals surface area contributed by atoms with Crippen LogP contribution < -0.4 is 5.32 Å². The number of nitrogens with zero attached hydrogens (tertiary/aromatic N) is 2. The molecule has 0 saturated carbocycles. The summed E-state index contributed by atoms with van der Waals surface area (Å²) in [7, 11) is 3.53. The molecular weight excluding hydrogens is 322 g/mol. The average Bonchev–Trinajstić information content (AvgIpc) is 3.07. The van der Waals surface area contributed by atoms with Crippen molar-refractivity contribution in [3.63, 3.8) is 0 Å². The molecule has 2 rings (SSSR count). The molecule has 0 bridgehead atoms. The summed E-state index contributed by atoms with van der Waals surface area (Å²) in [5.41, 5.74) is 1.65. The summed E-state index contributed by atoms with van der Waals surface area (Å²) in [5.74, 6) is -0.0100. The van der Waals surface area contributed by atoms with Gasteiger partial charge in [0.2, 0.25) is 5.91 Å². The van der Waals surface area contributed by atoms with Crippen LogP contribution >= 0.6 is 11.3 Å². The SMILES string of the molecule is CC(=O)N(C)Cc1ccccc1NC(=O)N(C)CCc1cccs1. The molecule has 0 unspecified atom stereocenters. The number of hydrogen-bond donors (Lipinski definition) is 1. The maximum Gasteiger partial charge on any atom is 0.321 e. The molecule has 0 aliphatic carbocycles. The quantitative estimate of drug-likeness (QED) is 0.872. The Morgan fingerprint density at radius 1 is 1.08 bits per heavy atom. The predicted octanol–water partition coefficient (Wildman–Crippen LogP) is 3.43. The van der Waals surface area contributed by atoms with Crippen LogP contribution in [0.3, 0.4) is 0 Å². The van der Waals surface area contributed by atoms with E-state index in [1.807, 2.05) is 35.7 Å². The van der Waals surface area contributed by atoms with E-state index in [2.05, 4.69) is 11.4 Å². The van der Waals surface area contributed by atoms with E-state index in [0.29, 0.717) is 13.1 Å². The topological polar surface area (TPSA) is 52.7 Å². The molecule has 2 aromatic rings. The molecule has 0 spiro atoms. The monoisotopic (exact) mass is 345 g/mol. The van der Waals surface area contributed by atoms with Gasteiger partial charge < -0.3 is 15.1 Å². The lowest BCUT2D eigenvalue weighted by Gasteiger charge is -2.21. The Morgan fingerprint density at radius 2 is 1.83 bits per heavy atom. The van der Waals surface area contributed by atoms with Crippen molar-refractivity contribution in [2.45, 2.75) is 19.9 Å². The zero-order valence-corrected chi connectivity index (χ0v) is 15.1. The number of urea groups is 1. The van der Waals surface area contributed by atoms with E-state index >= 15 is 0 Å². The zero-order chi connectivity index (χ0) is 17.5. The van der Waals surface area contributed by atoms with Crippen LogP contribution in [0.25, 0.3) is 0 Å². The molecule has 0 aliphatic heterocycles. The third-order valence-corrected chi connectivity index (χ3v) is 4.76. The van der Waals surface area contributed by atoms with E-state index in [9.17, 15) is 9.59 Å². The van der Waals surface area contributed by atoms with Gasteiger partial charge in [-0.2, -0.15) is 0 Å². The Bertz CT molecular complexity index is 685. The molecule has 24 heavy (non-hydrogen) atoms. The molecule has 0 radical (unpaired) electrons. The molecule has 6 heteroatoms. The summed E-state index contributed by atoms with van der Waals surface area (Å²) in [5, 5.41) is 4.98. The van der Waals surface area contributed by atoms with Crippen LogP contribution in [-0.2, 0) is 17.8 Å². The number of likely N-dealkylation sites (N-methyl/N-ethyl adjacent to an activating group) is 1. The second kappa shape index (κ2) is 8.49. The van der Waals surface area contributed by atoms with Crippen LogP contribution in [0.2, 0.25) is 0 Å². The van der Waals surface area contributed by atoms with Crippen LogP contribution in [0.4, 0.5) is 10.5 Å². The third kappa shape index (κ3) is 5.09. The Kier molecular flexibility index (Phi) is 6.37. The van der Waals surface area contributed by atoms with Crippen molar-refractivity contribution >= 4 is 29.0 Å². The number of anilines is 1. The molecule has 5 nitrogen and oxygen atoms in total. The smallest absolute Gasteiger partial charge is 0.321 e. The maximum atomic E-state index is 12.4. The van der Waals surface area contributed by atoms with Crippen molar-refractivity contribution in [3.8, 4) is 0 Å². The largest absolute Gasteiger partial charge is 0.342 e. The molecular formula is C18H23N3O2S. The van der Waals surface area contributed by atoms with Crippen LogP contribution in [0, 0.1) is 0 Å². The van der Waals surface area contributed by atoms with E-state index in [1.165, 1.54) is 11.8 Å². The van der Waals surface area contributed by atoms with Crippen LogP contribution in [-0.4, -0.2) is 42.4 Å². The van der Waals surface area contributed by atoms with Gasteiger partial charge in [-0.3, -0.25) is 4.79 Å².